The normalized spacial score (nSPS) is 17.1. The molecule has 0 atom stereocenters. The van der Waals surface area contributed by atoms with Gasteiger partial charge in [0.15, 0.2) is 0 Å². The smallest absolute Gasteiger partial charge is 0.148 e. The van der Waals surface area contributed by atoms with Crippen LogP contribution in [0, 0.1) is 0 Å². The highest BCUT2D eigenvalue weighted by molar-refractivity contribution is 9.10. The molecule has 1 aromatic rings. The Bertz CT molecular complexity index is 464. The summed E-state index contributed by atoms with van der Waals surface area (Å²) in [5.41, 5.74) is 0.239. The molecule has 1 aliphatic rings. The van der Waals surface area contributed by atoms with E-state index in [1.165, 1.54) is 0 Å². The first-order valence-electron chi connectivity index (χ1n) is 7.68. The predicted molar refractivity (Wildman–Crippen MR) is 92.1 cm³/mol. The molecule has 0 amide bonds. The topological polar surface area (TPSA) is 44.3 Å². The summed E-state index contributed by atoms with van der Waals surface area (Å²) in [6, 6.07) is 0. The zero-order chi connectivity index (χ0) is 15.5. The number of hydrogen-bond donors (Lipinski definition) is 1. The van der Waals surface area contributed by atoms with Crippen molar-refractivity contribution in [3.05, 3.63) is 10.8 Å². The molecule has 2 rings (SSSR count). The van der Waals surface area contributed by atoms with Gasteiger partial charge in [-0.3, -0.25) is 4.90 Å². The van der Waals surface area contributed by atoms with E-state index in [4.69, 9.17) is 0 Å². The molecule has 1 N–H and O–H groups in total. The van der Waals surface area contributed by atoms with E-state index in [-0.39, 0.29) is 5.54 Å². The molecule has 0 saturated carbocycles. The minimum Gasteiger partial charge on any atom is -0.369 e. The SMILES string of the molecule is CCCNc1ncnc(N2CCN(C(C)(C)C)CC2)c1Br. The van der Waals surface area contributed by atoms with Crippen LogP contribution in [0.1, 0.15) is 34.1 Å². The molecule has 1 saturated heterocycles. The molecule has 0 unspecified atom stereocenters. The molecule has 0 bridgehead atoms. The lowest BCUT2D eigenvalue weighted by Crippen LogP contribution is -2.53. The molecular formula is C15H26BrN5. The fourth-order valence-electron chi connectivity index (χ4n) is 2.54. The van der Waals surface area contributed by atoms with Crippen molar-refractivity contribution in [2.45, 2.75) is 39.7 Å². The maximum absolute atomic E-state index is 4.47. The highest BCUT2D eigenvalue weighted by Crippen LogP contribution is 2.30. The Morgan fingerprint density at radius 1 is 1.19 bits per heavy atom. The van der Waals surface area contributed by atoms with E-state index < -0.39 is 0 Å². The molecular weight excluding hydrogens is 330 g/mol. The van der Waals surface area contributed by atoms with Gasteiger partial charge in [-0.05, 0) is 43.1 Å². The standard InChI is InChI=1S/C15H26BrN5/c1-5-6-17-13-12(16)14(19-11-18-13)20-7-9-21(10-8-20)15(2,3)4/h11H,5-10H2,1-4H3,(H,17,18,19). The lowest BCUT2D eigenvalue weighted by molar-refractivity contribution is 0.128. The third-order valence-electron chi connectivity index (χ3n) is 3.84. The van der Waals surface area contributed by atoms with E-state index >= 15 is 0 Å². The van der Waals surface area contributed by atoms with Gasteiger partial charge in [0.25, 0.3) is 0 Å². The van der Waals surface area contributed by atoms with Gasteiger partial charge in [0, 0.05) is 38.3 Å². The van der Waals surface area contributed by atoms with E-state index in [0.717, 1.165) is 55.3 Å². The second kappa shape index (κ2) is 6.92. The summed E-state index contributed by atoms with van der Waals surface area (Å²) < 4.78 is 0.975. The van der Waals surface area contributed by atoms with Gasteiger partial charge in [0.05, 0.1) is 0 Å². The largest absolute Gasteiger partial charge is 0.369 e. The number of hydrogen-bond acceptors (Lipinski definition) is 5. The fraction of sp³-hybridized carbons (Fsp3) is 0.733. The number of nitrogens with zero attached hydrogens (tertiary/aromatic N) is 4. The van der Waals surface area contributed by atoms with Crippen LogP contribution in [-0.4, -0.2) is 53.1 Å². The van der Waals surface area contributed by atoms with Crippen LogP contribution < -0.4 is 10.2 Å². The average molecular weight is 356 g/mol. The third-order valence-corrected chi connectivity index (χ3v) is 4.57. The molecule has 0 radical (unpaired) electrons. The van der Waals surface area contributed by atoms with Crippen molar-refractivity contribution in [2.75, 3.05) is 42.9 Å². The third kappa shape index (κ3) is 4.07. The summed E-state index contributed by atoms with van der Waals surface area (Å²) in [5.74, 6) is 1.89. The Morgan fingerprint density at radius 2 is 1.86 bits per heavy atom. The van der Waals surface area contributed by atoms with Gasteiger partial charge in [-0.1, -0.05) is 6.92 Å². The Kier molecular flexibility index (Phi) is 5.43. The van der Waals surface area contributed by atoms with Gasteiger partial charge in [0.1, 0.15) is 22.4 Å². The maximum atomic E-state index is 4.47. The number of anilines is 2. The van der Waals surface area contributed by atoms with Crippen LogP contribution in [0.5, 0.6) is 0 Å². The van der Waals surface area contributed by atoms with Crippen molar-refractivity contribution in [2.24, 2.45) is 0 Å². The van der Waals surface area contributed by atoms with Crippen LogP contribution in [0.4, 0.5) is 11.6 Å². The van der Waals surface area contributed by atoms with Crippen molar-refractivity contribution >= 4 is 27.6 Å². The molecule has 21 heavy (non-hydrogen) atoms. The Hall–Kier alpha value is -0.880. The molecule has 6 heteroatoms. The Labute approximate surface area is 136 Å². The van der Waals surface area contributed by atoms with Gasteiger partial charge in [-0.25, -0.2) is 9.97 Å². The van der Waals surface area contributed by atoms with Gasteiger partial charge < -0.3 is 10.2 Å². The van der Waals surface area contributed by atoms with Crippen molar-refractivity contribution in [1.82, 2.24) is 14.9 Å². The fourth-order valence-corrected chi connectivity index (χ4v) is 3.13. The van der Waals surface area contributed by atoms with Crippen LogP contribution in [0.3, 0.4) is 0 Å². The van der Waals surface area contributed by atoms with Gasteiger partial charge in [-0.15, -0.1) is 0 Å². The second-order valence-electron chi connectivity index (χ2n) is 6.43. The molecule has 118 valence electrons. The maximum Gasteiger partial charge on any atom is 0.148 e. The van der Waals surface area contributed by atoms with E-state index in [0.29, 0.717) is 0 Å². The lowest BCUT2D eigenvalue weighted by atomic mass is 10.1. The highest BCUT2D eigenvalue weighted by atomic mass is 79.9. The summed E-state index contributed by atoms with van der Waals surface area (Å²) in [7, 11) is 0. The first-order chi connectivity index (χ1) is 9.93. The van der Waals surface area contributed by atoms with E-state index in [1.54, 1.807) is 6.33 Å². The lowest BCUT2D eigenvalue weighted by Gasteiger charge is -2.42. The summed E-state index contributed by atoms with van der Waals surface area (Å²) in [6.45, 7) is 14.0. The van der Waals surface area contributed by atoms with Gasteiger partial charge in [-0.2, -0.15) is 0 Å². The van der Waals surface area contributed by atoms with E-state index in [2.05, 4.69) is 68.7 Å². The monoisotopic (exact) mass is 355 g/mol. The van der Waals surface area contributed by atoms with Crippen LogP contribution in [0.15, 0.2) is 10.8 Å². The van der Waals surface area contributed by atoms with Crippen molar-refractivity contribution in [3.63, 3.8) is 0 Å². The summed E-state index contributed by atoms with van der Waals surface area (Å²) in [6.07, 6.45) is 2.73. The van der Waals surface area contributed by atoms with Crippen LogP contribution in [0.2, 0.25) is 0 Å². The van der Waals surface area contributed by atoms with Crippen molar-refractivity contribution in [3.8, 4) is 0 Å². The molecule has 1 fully saturated rings. The molecule has 5 nitrogen and oxygen atoms in total. The summed E-state index contributed by atoms with van der Waals surface area (Å²) in [4.78, 5) is 13.6. The number of aromatic nitrogens is 2. The highest BCUT2D eigenvalue weighted by Gasteiger charge is 2.27. The van der Waals surface area contributed by atoms with Gasteiger partial charge in [0.2, 0.25) is 0 Å². The molecule has 2 heterocycles. The molecule has 1 aliphatic heterocycles. The van der Waals surface area contributed by atoms with Crippen LogP contribution in [0.25, 0.3) is 0 Å². The quantitative estimate of drug-likeness (QED) is 0.899. The second-order valence-corrected chi connectivity index (χ2v) is 7.22. The zero-order valence-corrected chi connectivity index (χ0v) is 15.1. The van der Waals surface area contributed by atoms with Crippen molar-refractivity contribution < 1.29 is 0 Å². The minimum absolute atomic E-state index is 0.239. The molecule has 0 aromatic carbocycles. The minimum atomic E-state index is 0.239. The Morgan fingerprint density at radius 3 is 2.43 bits per heavy atom. The molecule has 1 aromatic heterocycles. The number of halogens is 1. The van der Waals surface area contributed by atoms with Crippen LogP contribution >= 0.6 is 15.9 Å². The zero-order valence-electron chi connectivity index (χ0n) is 13.5. The number of nitrogens with one attached hydrogen (secondary N) is 1. The van der Waals surface area contributed by atoms with E-state index in [9.17, 15) is 0 Å². The average Bonchev–Trinajstić information content (AvgIpc) is 2.45. The molecule has 0 aliphatic carbocycles. The summed E-state index contributed by atoms with van der Waals surface area (Å²) in [5, 5.41) is 3.34. The first-order valence-corrected chi connectivity index (χ1v) is 8.47. The Balaban J connectivity index is 2.06. The first kappa shape index (κ1) is 16.5. The number of piperazine rings is 1. The van der Waals surface area contributed by atoms with E-state index in [1.807, 2.05) is 0 Å². The number of rotatable bonds is 4. The molecule has 0 spiro atoms. The van der Waals surface area contributed by atoms with Crippen molar-refractivity contribution in [1.29, 1.82) is 0 Å². The van der Waals surface area contributed by atoms with Crippen LogP contribution in [-0.2, 0) is 0 Å². The van der Waals surface area contributed by atoms with Gasteiger partial charge >= 0.3 is 0 Å². The summed E-state index contributed by atoms with van der Waals surface area (Å²) >= 11 is 3.66. The predicted octanol–water partition coefficient (Wildman–Crippen LogP) is 2.98.